The number of furan rings is 2. The van der Waals surface area contributed by atoms with Crippen molar-refractivity contribution in [1.82, 2.24) is 19.5 Å². The molecule has 279 valence electrons. The Morgan fingerprint density at radius 1 is 0.732 bits per heavy atom. The van der Waals surface area contributed by atoms with E-state index in [-0.39, 0.29) is 20.1 Å². The van der Waals surface area contributed by atoms with E-state index in [1.807, 2.05) is 99.8 Å². The first-order valence-corrected chi connectivity index (χ1v) is 22.0. The van der Waals surface area contributed by atoms with Crippen LogP contribution in [0.3, 0.4) is 0 Å². The molecule has 8 heteroatoms. The predicted octanol–water partition coefficient (Wildman–Crippen LogP) is 12.2. The molecule has 0 spiro atoms. The van der Waals surface area contributed by atoms with Crippen molar-refractivity contribution < 1.29 is 30.3 Å². The number of aryl methyl sites for hydroxylation is 1. The number of hydrogen-bond donors (Lipinski definition) is 0. The van der Waals surface area contributed by atoms with Gasteiger partial charge in [-0.1, -0.05) is 105 Å². The van der Waals surface area contributed by atoms with Gasteiger partial charge in [0.1, 0.15) is 5.58 Å². The van der Waals surface area contributed by atoms with E-state index >= 15 is 0 Å². The monoisotopic (exact) mass is 926 g/mol. The van der Waals surface area contributed by atoms with Crippen molar-refractivity contribution >= 4 is 68.3 Å². The quantitative estimate of drug-likeness (QED) is 0.127. The summed E-state index contributed by atoms with van der Waals surface area (Å²) in [6, 6.07) is 47.3. The predicted molar refractivity (Wildman–Crippen MR) is 228 cm³/mol. The molecular weight excluding hydrogens is 885 g/mol. The summed E-state index contributed by atoms with van der Waals surface area (Å²) >= 11 is 0. The van der Waals surface area contributed by atoms with Gasteiger partial charge in [-0.05, 0) is 54.2 Å². The van der Waals surface area contributed by atoms with Crippen molar-refractivity contribution in [2.75, 3.05) is 0 Å². The Morgan fingerprint density at radius 2 is 1.52 bits per heavy atom. The van der Waals surface area contributed by atoms with Crippen LogP contribution >= 0.6 is 0 Å². The molecule has 5 aromatic heterocycles. The van der Waals surface area contributed by atoms with Crippen LogP contribution in [0.2, 0.25) is 19.6 Å². The first-order valence-electron chi connectivity index (χ1n) is 19.0. The maximum atomic E-state index is 8.01. The van der Waals surface area contributed by atoms with E-state index in [2.05, 4.69) is 94.8 Å². The maximum absolute atomic E-state index is 8.01. The number of hydrogen-bond acceptors (Lipinski definition) is 5. The normalized spacial score (nSPS) is 12.2. The van der Waals surface area contributed by atoms with Crippen LogP contribution in [0.4, 0.5) is 0 Å². The molecule has 0 aliphatic heterocycles. The molecule has 0 aliphatic rings. The Kier molecular flexibility index (Phi) is 9.50. The summed E-state index contributed by atoms with van der Waals surface area (Å²) in [7, 11) is -1.29. The smallest absolute Gasteiger partial charge is 0.216 e. The van der Waals surface area contributed by atoms with Gasteiger partial charge in [0.2, 0.25) is 5.71 Å². The fourth-order valence-corrected chi connectivity index (χ4v) is 8.15. The van der Waals surface area contributed by atoms with E-state index in [0.29, 0.717) is 5.71 Å². The van der Waals surface area contributed by atoms with E-state index in [0.717, 1.165) is 88.9 Å². The van der Waals surface area contributed by atoms with Gasteiger partial charge in [-0.3, -0.25) is 4.98 Å². The molecule has 0 aliphatic carbocycles. The molecule has 10 rings (SSSR count). The van der Waals surface area contributed by atoms with Crippen LogP contribution in [0, 0.1) is 19.1 Å². The Bertz CT molecular complexity index is 3010. The molecule has 6 nitrogen and oxygen atoms in total. The molecule has 0 bridgehead atoms. The van der Waals surface area contributed by atoms with Gasteiger partial charge in [-0.15, -0.1) is 53.6 Å². The van der Waals surface area contributed by atoms with Gasteiger partial charge in [0.05, 0.1) is 36.2 Å². The molecule has 0 atom stereocenters. The third-order valence-electron chi connectivity index (χ3n) is 10.1. The van der Waals surface area contributed by atoms with Crippen molar-refractivity contribution in [2.24, 2.45) is 0 Å². The zero-order valence-corrected chi connectivity index (χ0v) is 35.5. The molecule has 56 heavy (non-hydrogen) atoms. The third kappa shape index (κ3) is 6.68. The molecule has 10 aromatic rings. The SMILES string of the molecule is Cc1ccc2c(n1)oc1c(-c3nc4ccccc4n3-c3cccc4c3oc3ccccc34)[c-]ccc12.[2H]C(C)(C)c1c[c-]c(-c2ccc([Si](C)(C)C)cn2)cc1.[Ir]. The van der Waals surface area contributed by atoms with Crippen LogP contribution in [0.5, 0.6) is 0 Å². The second kappa shape index (κ2) is 14.8. The Morgan fingerprint density at radius 3 is 2.29 bits per heavy atom. The van der Waals surface area contributed by atoms with Crippen molar-refractivity contribution in [3.8, 4) is 28.3 Å². The molecule has 1 radical (unpaired) electrons. The van der Waals surface area contributed by atoms with Crippen molar-refractivity contribution in [3.05, 3.63) is 151 Å². The molecule has 0 fully saturated rings. The maximum Gasteiger partial charge on any atom is 0.216 e. The molecule has 5 aromatic carbocycles. The number of aromatic nitrogens is 4. The zero-order chi connectivity index (χ0) is 38.8. The van der Waals surface area contributed by atoms with Gasteiger partial charge in [0.25, 0.3) is 0 Å². The fourth-order valence-electron chi connectivity index (χ4n) is 7.12. The number of benzene rings is 5. The zero-order valence-electron chi connectivity index (χ0n) is 33.1. The second-order valence-electron chi connectivity index (χ2n) is 15.2. The van der Waals surface area contributed by atoms with Crippen LogP contribution in [0.1, 0.15) is 32.4 Å². The summed E-state index contributed by atoms with van der Waals surface area (Å²) in [6.07, 6.45) is 2.00. The summed E-state index contributed by atoms with van der Waals surface area (Å²) in [5.74, 6) is 0.162. The van der Waals surface area contributed by atoms with E-state index in [1.165, 1.54) is 5.19 Å². The summed E-state index contributed by atoms with van der Waals surface area (Å²) in [6.45, 7) is 12.7. The number of rotatable bonds is 5. The molecular formula is C48H40IrN4O2Si-2. The van der Waals surface area contributed by atoms with E-state index in [9.17, 15) is 0 Å². The average Bonchev–Trinajstić information content (AvgIpc) is 3.89. The van der Waals surface area contributed by atoms with Crippen LogP contribution in [-0.2, 0) is 20.1 Å². The van der Waals surface area contributed by atoms with Crippen LogP contribution in [0.25, 0.3) is 83.4 Å². The first kappa shape index (κ1) is 36.0. The molecule has 0 saturated carbocycles. The first-order chi connectivity index (χ1) is 26.9. The number of fused-ring (bicyclic) bond motifs is 7. The van der Waals surface area contributed by atoms with Gasteiger partial charge in [-0.25, -0.2) is 4.98 Å². The molecule has 5 heterocycles. The molecule has 0 unspecified atom stereocenters. The summed E-state index contributed by atoms with van der Waals surface area (Å²) in [5.41, 5.74) is 10.4. The third-order valence-corrected chi connectivity index (χ3v) is 12.2. The van der Waals surface area contributed by atoms with E-state index in [1.54, 1.807) is 0 Å². The minimum absolute atomic E-state index is 0. The number of nitrogens with zero attached hydrogens (tertiary/aromatic N) is 4. The van der Waals surface area contributed by atoms with Gasteiger partial charge in [-0.2, -0.15) is 0 Å². The van der Waals surface area contributed by atoms with Crippen LogP contribution in [0.15, 0.2) is 136 Å². The molecule has 0 N–H and O–H groups in total. The molecule has 0 saturated heterocycles. The van der Waals surface area contributed by atoms with E-state index < -0.39 is 14.0 Å². The molecule has 0 amide bonds. The Hall–Kier alpha value is -5.66. The van der Waals surface area contributed by atoms with Crippen molar-refractivity contribution in [3.63, 3.8) is 0 Å². The second-order valence-corrected chi connectivity index (χ2v) is 20.3. The minimum atomic E-state index is -1.29. The Balaban J connectivity index is 0.000000186. The van der Waals surface area contributed by atoms with E-state index in [4.69, 9.17) is 15.2 Å². The Labute approximate surface area is 342 Å². The van der Waals surface area contributed by atoms with Gasteiger partial charge < -0.3 is 18.4 Å². The van der Waals surface area contributed by atoms with Crippen molar-refractivity contribution in [2.45, 2.75) is 46.3 Å². The largest absolute Gasteiger partial charge is 0.486 e. The summed E-state index contributed by atoms with van der Waals surface area (Å²) < 4.78 is 22.9. The van der Waals surface area contributed by atoms with Gasteiger partial charge >= 0.3 is 0 Å². The number of para-hydroxylation sites is 4. The van der Waals surface area contributed by atoms with Crippen molar-refractivity contribution in [1.29, 1.82) is 0 Å². The van der Waals surface area contributed by atoms with Gasteiger partial charge in [0.15, 0.2) is 5.58 Å². The summed E-state index contributed by atoms with van der Waals surface area (Å²) in [5, 5.41) is 5.50. The van der Waals surface area contributed by atoms with Crippen LogP contribution in [-0.4, -0.2) is 27.6 Å². The fraction of sp³-hybridized carbons (Fsp3) is 0.146. The average molecular weight is 926 g/mol. The topological polar surface area (TPSA) is 69.9 Å². The summed E-state index contributed by atoms with van der Waals surface area (Å²) in [4.78, 5) is 14.2. The van der Waals surface area contributed by atoms with Crippen LogP contribution < -0.4 is 5.19 Å². The van der Waals surface area contributed by atoms with Gasteiger partial charge in [0, 0.05) is 49.5 Å². The standard InChI is InChI=1S/C31H18N3O2.C17H22NSi.Ir/c1-18-16-17-22-21-9-6-11-23(28(21)36-31(22)32-18)30-33-24-12-3-4-13-25(24)34(30)26-14-7-10-20-19-8-2-5-15-27(19)35-29(20)26;1-13(2)14-6-8-15(9-7-14)17-11-10-16(12-18-17)19(3,4)5;/h2-10,12-17H,1H3;6-8,10-13H,1-5H3;/q2*-1;/i;13D;. The number of pyridine rings is 2. The number of imidazole rings is 1. The minimum Gasteiger partial charge on any atom is -0.486 e.